The van der Waals surface area contributed by atoms with Gasteiger partial charge in [0.05, 0.1) is 19.6 Å². The van der Waals surface area contributed by atoms with Crippen molar-refractivity contribution in [2.45, 2.75) is 24.5 Å². The fourth-order valence-corrected chi connectivity index (χ4v) is 3.33. The van der Waals surface area contributed by atoms with Gasteiger partial charge in [0.1, 0.15) is 29.8 Å². The zero-order chi connectivity index (χ0) is 18.5. The third-order valence-electron chi connectivity index (χ3n) is 4.18. The van der Waals surface area contributed by atoms with Gasteiger partial charge in [-0.05, 0) is 0 Å². The highest BCUT2D eigenvalue weighted by atomic mass is 31.2. The predicted molar refractivity (Wildman–Crippen MR) is 84.0 cm³/mol. The molecule has 0 saturated carbocycles. The maximum Gasteiger partial charge on any atom is 0.469 e. The fraction of sp³-hybridized carbons (Fsp3) is 0.667. The van der Waals surface area contributed by atoms with Crippen molar-refractivity contribution in [2.75, 3.05) is 32.3 Å². The highest BCUT2D eigenvalue weighted by Crippen LogP contribution is 2.39. The predicted octanol–water partition coefficient (Wildman–Crippen LogP) is -1.72. The first-order valence-electron chi connectivity index (χ1n) is 7.40. The van der Waals surface area contributed by atoms with Crippen LogP contribution >= 0.6 is 7.82 Å². The van der Waals surface area contributed by atoms with Crippen LogP contribution in [0, 0.1) is 5.41 Å². The smallest absolute Gasteiger partial charge is 0.387 e. The molecule has 3 heterocycles. The number of ether oxygens (including phenoxy) is 1. The van der Waals surface area contributed by atoms with Crippen LogP contribution in [-0.2, 0) is 13.8 Å². The summed E-state index contributed by atoms with van der Waals surface area (Å²) in [5.74, 6) is 0.747. The van der Waals surface area contributed by atoms with Gasteiger partial charge in [0.15, 0.2) is 12.1 Å². The number of rotatable bonds is 4. The molecule has 0 amide bonds. The number of anilines is 1. The normalized spacial score (nSPS) is 30.1. The number of nitrogens with one attached hydrogen (secondary N) is 1. The lowest BCUT2D eigenvalue weighted by molar-refractivity contribution is -0.0514. The minimum atomic E-state index is -4.72. The molecule has 2 aliphatic heterocycles. The second-order valence-corrected chi connectivity index (χ2v) is 7.28. The Labute approximate surface area is 143 Å². The summed E-state index contributed by atoms with van der Waals surface area (Å²) in [6.45, 7) is -0.155. The van der Waals surface area contributed by atoms with Crippen LogP contribution in [0.1, 0.15) is 11.9 Å². The van der Waals surface area contributed by atoms with Gasteiger partial charge in [0.25, 0.3) is 0 Å². The van der Waals surface area contributed by atoms with E-state index in [0.29, 0.717) is 18.2 Å². The second kappa shape index (κ2) is 6.32. The average Bonchev–Trinajstić information content (AvgIpc) is 3.06. The third kappa shape index (κ3) is 3.29. The Morgan fingerprint density at radius 3 is 2.68 bits per heavy atom. The first kappa shape index (κ1) is 18.3. The molecule has 0 spiro atoms. The van der Waals surface area contributed by atoms with Crippen molar-refractivity contribution in [2.24, 2.45) is 0 Å². The van der Waals surface area contributed by atoms with Crippen molar-refractivity contribution in [3.05, 3.63) is 12.0 Å². The van der Waals surface area contributed by atoms with Crippen molar-refractivity contribution in [1.29, 1.82) is 5.41 Å². The van der Waals surface area contributed by atoms with E-state index in [1.54, 1.807) is 19.0 Å². The number of aromatic nitrogens is 2. The van der Waals surface area contributed by atoms with E-state index in [1.807, 2.05) is 4.90 Å². The fourth-order valence-electron chi connectivity index (χ4n) is 2.99. The number of amidine groups is 1. The molecule has 0 bridgehead atoms. The summed E-state index contributed by atoms with van der Waals surface area (Å²) in [5.41, 5.74) is 0.399. The average molecular weight is 377 g/mol. The van der Waals surface area contributed by atoms with E-state index in [4.69, 9.17) is 19.9 Å². The number of nitrogens with zero attached hydrogens (tertiary/aromatic N) is 4. The molecular formula is C12H20N5O7P. The molecule has 140 valence electrons. The van der Waals surface area contributed by atoms with Crippen molar-refractivity contribution in [1.82, 2.24) is 14.5 Å². The van der Waals surface area contributed by atoms with Crippen LogP contribution in [0.2, 0.25) is 0 Å². The summed E-state index contributed by atoms with van der Waals surface area (Å²) in [5, 5.41) is 28.4. The van der Waals surface area contributed by atoms with Gasteiger partial charge >= 0.3 is 7.82 Å². The van der Waals surface area contributed by atoms with E-state index >= 15 is 0 Å². The highest BCUT2D eigenvalue weighted by molar-refractivity contribution is 7.46. The Balaban J connectivity index is 1.85. The van der Waals surface area contributed by atoms with E-state index in [0.717, 1.165) is 0 Å². The van der Waals surface area contributed by atoms with Crippen molar-refractivity contribution in [3.63, 3.8) is 0 Å². The molecule has 13 heteroatoms. The number of fused-ring (bicyclic) bond motifs is 1. The summed E-state index contributed by atoms with van der Waals surface area (Å²) in [6, 6.07) is 0. The zero-order valence-electron chi connectivity index (χ0n) is 13.6. The van der Waals surface area contributed by atoms with Crippen LogP contribution in [0.5, 0.6) is 0 Å². The lowest BCUT2D eigenvalue weighted by Crippen LogP contribution is -2.44. The molecule has 0 unspecified atom stereocenters. The van der Waals surface area contributed by atoms with Crippen molar-refractivity contribution < 1.29 is 33.8 Å². The maximum atomic E-state index is 10.8. The SMILES string of the molecule is CN1CN(C)c2c(ncn2[C@@H]2O[C@H](COP(=O)(O)O)[C@@H](O)[C@H]2O)C1=N. The van der Waals surface area contributed by atoms with Crippen LogP contribution in [0.3, 0.4) is 0 Å². The first-order valence-corrected chi connectivity index (χ1v) is 8.93. The standard InChI is InChI=1S/C12H20N5O7P/c1-15-5-16(2)11-7(10(15)13)14-4-17(11)12-9(19)8(18)6(24-12)3-23-25(20,21)22/h4,6,8-9,12-13,18-19H,3,5H2,1-2H3,(H2,20,21,22)/t6-,8-,9-,12-/m1/s1. The van der Waals surface area contributed by atoms with Crippen LogP contribution in [-0.4, -0.2) is 86.0 Å². The van der Waals surface area contributed by atoms with Crippen LogP contribution < -0.4 is 4.90 Å². The molecular weight excluding hydrogens is 357 g/mol. The van der Waals surface area contributed by atoms with Gasteiger partial charge in [-0.15, -0.1) is 0 Å². The summed E-state index contributed by atoms with van der Waals surface area (Å²) in [7, 11) is -1.19. The van der Waals surface area contributed by atoms with Crippen LogP contribution in [0.15, 0.2) is 6.33 Å². The Hall–Kier alpha value is -1.53. The maximum absolute atomic E-state index is 10.8. The molecule has 1 aromatic rings. The molecule has 1 fully saturated rings. The van der Waals surface area contributed by atoms with Gasteiger partial charge in [-0.2, -0.15) is 0 Å². The van der Waals surface area contributed by atoms with Gasteiger partial charge in [-0.25, -0.2) is 9.55 Å². The lowest BCUT2D eigenvalue weighted by atomic mass is 10.1. The minimum absolute atomic E-state index is 0.210. The van der Waals surface area contributed by atoms with Gasteiger partial charge in [0, 0.05) is 14.1 Å². The summed E-state index contributed by atoms with van der Waals surface area (Å²) in [6.07, 6.45) is -3.52. The van der Waals surface area contributed by atoms with E-state index < -0.39 is 39.0 Å². The second-order valence-electron chi connectivity index (χ2n) is 6.04. The molecule has 2 aliphatic rings. The summed E-state index contributed by atoms with van der Waals surface area (Å²) < 4.78 is 22.2. The first-order chi connectivity index (χ1) is 11.6. The highest BCUT2D eigenvalue weighted by Gasteiger charge is 2.46. The largest absolute Gasteiger partial charge is 0.469 e. The molecule has 0 aromatic carbocycles. The minimum Gasteiger partial charge on any atom is -0.387 e. The summed E-state index contributed by atoms with van der Waals surface area (Å²) >= 11 is 0. The molecule has 4 atom stereocenters. The number of hydrogen-bond acceptors (Lipinski definition) is 8. The Morgan fingerprint density at radius 1 is 1.36 bits per heavy atom. The lowest BCUT2D eigenvalue weighted by Gasteiger charge is -2.34. The van der Waals surface area contributed by atoms with Crippen molar-refractivity contribution in [3.8, 4) is 0 Å². The van der Waals surface area contributed by atoms with E-state index in [-0.39, 0.29) is 5.84 Å². The van der Waals surface area contributed by atoms with Gasteiger partial charge in [-0.3, -0.25) is 14.5 Å². The number of hydrogen-bond donors (Lipinski definition) is 5. The van der Waals surface area contributed by atoms with E-state index in [9.17, 15) is 14.8 Å². The molecule has 1 saturated heterocycles. The van der Waals surface area contributed by atoms with Gasteiger partial charge in [-0.1, -0.05) is 0 Å². The Bertz CT molecular complexity index is 721. The summed E-state index contributed by atoms with van der Waals surface area (Å²) in [4.78, 5) is 25.2. The molecule has 0 aliphatic carbocycles. The molecule has 3 rings (SSSR count). The number of phosphoric acid groups is 1. The molecule has 25 heavy (non-hydrogen) atoms. The zero-order valence-corrected chi connectivity index (χ0v) is 14.4. The third-order valence-corrected chi connectivity index (χ3v) is 4.66. The van der Waals surface area contributed by atoms with Gasteiger partial charge in [0.2, 0.25) is 0 Å². The molecule has 5 N–H and O–H groups in total. The van der Waals surface area contributed by atoms with E-state index in [2.05, 4.69) is 9.51 Å². The monoisotopic (exact) mass is 377 g/mol. The Kier molecular flexibility index (Phi) is 4.62. The number of aliphatic hydroxyl groups excluding tert-OH is 2. The molecule has 0 radical (unpaired) electrons. The topological polar surface area (TPSA) is 165 Å². The Morgan fingerprint density at radius 2 is 2.04 bits per heavy atom. The number of phosphoric ester groups is 1. The number of imidazole rings is 1. The molecule has 12 nitrogen and oxygen atoms in total. The van der Waals surface area contributed by atoms with E-state index in [1.165, 1.54) is 10.9 Å². The quantitative estimate of drug-likeness (QED) is 0.381. The van der Waals surface area contributed by atoms with Crippen molar-refractivity contribution >= 4 is 19.5 Å². The van der Waals surface area contributed by atoms with Crippen LogP contribution in [0.25, 0.3) is 0 Å². The molecule has 1 aromatic heterocycles. The van der Waals surface area contributed by atoms with Gasteiger partial charge < -0.3 is 34.5 Å². The van der Waals surface area contributed by atoms with Crippen LogP contribution in [0.4, 0.5) is 5.82 Å². The number of aliphatic hydroxyl groups is 2.